The average molecular weight is 277 g/mol. The van der Waals surface area contributed by atoms with E-state index >= 15 is 0 Å². The molecule has 1 aliphatic rings. The van der Waals surface area contributed by atoms with Gasteiger partial charge in [-0.15, -0.1) is 0 Å². The summed E-state index contributed by atoms with van der Waals surface area (Å²) < 4.78 is 0. The molecule has 1 saturated carbocycles. The van der Waals surface area contributed by atoms with Crippen LogP contribution >= 0.6 is 0 Å². The van der Waals surface area contributed by atoms with E-state index < -0.39 is 0 Å². The zero-order chi connectivity index (χ0) is 14.8. The smallest absolute Gasteiger partial charge is 0.0687 e. The van der Waals surface area contributed by atoms with Gasteiger partial charge in [-0.3, -0.25) is 4.99 Å². The zero-order valence-corrected chi connectivity index (χ0v) is 13.1. The lowest BCUT2D eigenvalue weighted by Gasteiger charge is -2.36. The Morgan fingerprint density at radius 3 is 2.24 bits per heavy atom. The molecule has 3 rings (SSSR count). The van der Waals surface area contributed by atoms with Crippen molar-refractivity contribution in [3.63, 3.8) is 0 Å². The summed E-state index contributed by atoms with van der Waals surface area (Å²) in [4.78, 5) is 4.95. The summed E-state index contributed by atoms with van der Waals surface area (Å²) in [5, 5.41) is 0. The van der Waals surface area contributed by atoms with E-state index in [0.29, 0.717) is 5.92 Å². The number of aryl methyl sites for hydroxylation is 2. The van der Waals surface area contributed by atoms with E-state index in [1.54, 1.807) is 0 Å². The van der Waals surface area contributed by atoms with Crippen molar-refractivity contribution in [3.8, 4) is 0 Å². The van der Waals surface area contributed by atoms with E-state index in [1.807, 2.05) is 0 Å². The Kier molecular flexibility index (Phi) is 3.92. The number of benzene rings is 2. The van der Waals surface area contributed by atoms with Gasteiger partial charge in [0.1, 0.15) is 0 Å². The minimum Gasteiger partial charge on any atom is -0.257 e. The second-order valence-electron chi connectivity index (χ2n) is 6.29. The van der Waals surface area contributed by atoms with Crippen LogP contribution < -0.4 is 0 Å². The second kappa shape index (κ2) is 5.85. The van der Waals surface area contributed by atoms with Crippen LogP contribution in [0.5, 0.6) is 0 Å². The summed E-state index contributed by atoms with van der Waals surface area (Å²) in [6, 6.07) is 17.2. The molecule has 1 heteroatoms. The number of hydrogen-bond acceptors (Lipinski definition) is 1. The average Bonchev–Trinajstić information content (AvgIpc) is 2.49. The summed E-state index contributed by atoms with van der Waals surface area (Å²) in [5.74, 6) is 1.35. The number of aliphatic imine (C=N–C) groups is 1. The first kappa shape index (κ1) is 14.1. The van der Waals surface area contributed by atoms with Gasteiger partial charge in [-0.05, 0) is 55.2 Å². The molecule has 0 bridgehead atoms. The van der Waals surface area contributed by atoms with Gasteiger partial charge in [-0.25, -0.2) is 0 Å². The Bertz CT molecular complexity index is 635. The molecule has 0 amide bonds. The van der Waals surface area contributed by atoms with Crippen LogP contribution in [0, 0.1) is 25.7 Å². The van der Waals surface area contributed by atoms with Crippen molar-refractivity contribution in [2.45, 2.75) is 33.6 Å². The summed E-state index contributed by atoms with van der Waals surface area (Å²) >= 11 is 0. The van der Waals surface area contributed by atoms with Crippen molar-refractivity contribution in [1.82, 2.24) is 0 Å². The normalized spacial score (nSPS) is 23.1. The Balaban J connectivity index is 1.72. The van der Waals surface area contributed by atoms with Crippen LogP contribution in [0.1, 0.15) is 30.0 Å². The van der Waals surface area contributed by atoms with E-state index in [0.717, 1.165) is 12.3 Å². The van der Waals surface area contributed by atoms with Gasteiger partial charge in [0.2, 0.25) is 0 Å². The summed E-state index contributed by atoms with van der Waals surface area (Å²) in [5.41, 5.74) is 6.55. The zero-order valence-electron chi connectivity index (χ0n) is 13.1. The molecular weight excluding hydrogens is 254 g/mol. The van der Waals surface area contributed by atoms with Crippen LogP contribution in [0.25, 0.3) is 0 Å². The largest absolute Gasteiger partial charge is 0.257 e. The molecule has 21 heavy (non-hydrogen) atoms. The van der Waals surface area contributed by atoms with E-state index in [9.17, 15) is 0 Å². The summed E-state index contributed by atoms with van der Waals surface area (Å²) in [7, 11) is 0. The van der Waals surface area contributed by atoms with Crippen LogP contribution in [-0.2, 0) is 6.42 Å². The fraction of sp³-hybridized carbons (Fsp3) is 0.350. The maximum atomic E-state index is 4.95. The molecule has 0 aromatic heterocycles. The van der Waals surface area contributed by atoms with Crippen LogP contribution in [0.3, 0.4) is 0 Å². The molecule has 1 nitrogen and oxygen atoms in total. The highest BCUT2D eigenvalue weighted by atomic mass is 14.8. The predicted octanol–water partition coefficient (Wildman–Crippen LogP) is 5.27. The predicted molar refractivity (Wildman–Crippen MR) is 90.4 cm³/mol. The lowest BCUT2D eigenvalue weighted by Crippen LogP contribution is -2.36. The fourth-order valence-corrected chi connectivity index (χ4v) is 3.18. The second-order valence-corrected chi connectivity index (χ2v) is 6.29. The molecule has 2 aromatic rings. The first-order valence-corrected chi connectivity index (χ1v) is 7.82. The topological polar surface area (TPSA) is 12.4 Å². The van der Waals surface area contributed by atoms with Gasteiger partial charge in [0.25, 0.3) is 0 Å². The Morgan fingerprint density at radius 1 is 0.952 bits per heavy atom. The number of para-hydroxylation sites is 1. The minimum atomic E-state index is 0.601. The van der Waals surface area contributed by atoms with Gasteiger partial charge in [0.15, 0.2) is 0 Å². The third-order valence-corrected chi connectivity index (χ3v) is 4.74. The van der Waals surface area contributed by atoms with Gasteiger partial charge >= 0.3 is 0 Å². The number of rotatable bonds is 3. The molecule has 0 aliphatic heterocycles. The monoisotopic (exact) mass is 277 g/mol. The first-order chi connectivity index (χ1) is 10.1. The van der Waals surface area contributed by atoms with Crippen molar-refractivity contribution in [3.05, 3.63) is 65.2 Å². The van der Waals surface area contributed by atoms with Gasteiger partial charge in [-0.1, -0.05) is 55.5 Å². The Morgan fingerprint density at radius 2 is 1.62 bits per heavy atom. The lowest BCUT2D eigenvalue weighted by molar-refractivity contribution is 0.380. The minimum absolute atomic E-state index is 0.601. The highest BCUT2D eigenvalue weighted by Gasteiger charge is 2.33. The van der Waals surface area contributed by atoms with Crippen molar-refractivity contribution in [2.75, 3.05) is 0 Å². The van der Waals surface area contributed by atoms with Crippen molar-refractivity contribution in [1.29, 1.82) is 0 Å². The lowest BCUT2D eigenvalue weighted by atomic mass is 9.70. The molecule has 0 saturated heterocycles. The summed E-state index contributed by atoms with van der Waals surface area (Å²) in [6.45, 7) is 6.62. The van der Waals surface area contributed by atoms with E-state index in [2.05, 4.69) is 69.3 Å². The molecule has 2 atom stereocenters. The molecule has 0 radical (unpaired) electrons. The van der Waals surface area contributed by atoms with Crippen molar-refractivity contribution in [2.24, 2.45) is 16.8 Å². The molecule has 2 aromatic carbocycles. The van der Waals surface area contributed by atoms with Gasteiger partial charge in [0.05, 0.1) is 5.69 Å². The molecule has 1 fully saturated rings. The summed E-state index contributed by atoms with van der Waals surface area (Å²) in [6.07, 6.45) is 2.32. The molecule has 0 unspecified atom stereocenters. The van der Waals surface area contributed by atoms with E-state index in [4.69, 9.17) is 4.99 Å². The third kappa shape index (κ3) is 2.92. The molecule has 1 aliphatic carbocycles. The van der Waals surface area contributed by atoms with Crippen LogP contribution in [0.2, 0.25) is 0 Å². The van der Waals surface area contributed by atoms with Gasteiger partial charge < -0.3 is 0 Å². The van der Waals surface area contributed by atoms with Crippen LogP contribution in [-0.4, -0.2) is 5.71 Å². The van der Waals surface area contributed by atoms with Crippen LogP contribution in [0.15, 0.2) is 53.5 Å². The Hall–Kier alpha value is -1.89. The molecule has 0 spiro atoms. The fourth-order valence-electron chi connectivity index (χ4n) is 3.18. The first-order valence-electron chi connectivity index (χ1n) is 7.82. The standard InChI is InChI=1S/C20H23N/c1-14-8-7-9-15(2)20(14)21-19-13-18(16(19)3)12-17-10-5-4-6-11-17/h4-11,16,18H,12-13H2,1-3H3/t16-,18+/m1/s1. The Labute approximate surface area is 127 Å². The molecule has 0 heterocycles. The molecular formula is C20H23N. The van der Waals surface area contributed by atoms with Crippen LogP contribution in [0.4, 0.5) is 5.69 Å². The van der Waals surface area contributed by atoms with Crippen molar-refractivity contribution >= 4 is 11.4 Å². The van der Waals surface area contributed by atoms with Crippen molar-refractivity contribution < 1.29 is 0 Å². The molecule has 108 valence electrons. The van der Waals surface area contributed by atoms with Gasteiger partial charge in [0, 0.05) is 5.71 Å². The maximum absolute atomic E-state index is 4.95. The quantitative estimate of drug-likeness (QED) is 0.724. The molecule has 0 N–H and O–H groups in total. The SMILES string of the molecule is Cc1cccc(C)c1N=C1C[C@H](Cc2ccccc2)[C@H]1C. The third-order valence-electron chi connectivity index (χ3n) is 4.74. The highest BCUT2D eigenvalue weighted by molar-refractivity contribution is 5.94. The number of hydrogen-bond donors (Lipinski definition) is 0. The number of nitrogens with zero attached hydrogens (tertiary/aromatic N) is 1. The van der Waals surface area contributed by atoms with Gasteiger partial charge in [-0.2, -0.15) is 0 Å². The maximum Gasteiger partial charge on any atom is 0.0687 e. The van der Waals surface area contributed by atoms with E-state index in [1.165, 1.54) is 34.5 Å². The van der Waals surface area contributed by atoms with E-state index in [-0.39, 0.29) is 0 Å². The highest BCUT2D eigenvalue weighted by Crippen LogP contribution is 2.37.